The molecule has 1 aliphatic rings. The van der Waals surface area contributed by atoms with E-state index in [1.54, 1.807) is 6.07 Å². The molecule has 0 spiro atoms. The summed E-state index contributed by atoms with van der Waals surface area (Å²) >= 11 is 2.99. The first-order valence-electron chi connectivity index (χ1n) is 3.74. The molecule has 0 atom stereocenters. The lowest BCUT2D eigenvalue weighted by atomic mass is 10.4. The summed E-state index contributed by atoms with van der Waals surface area (Å²) in [7, 11) is 0. The van der Waals surface area contributed by atoms with Gasteiger partial charge in [-0.1, -0.05) is 0 Å². The Balaban J connectivity index is 2.23. The second kappa shape index (κ2) is 3.01. The molecule has 1 aliphatic carbocycles. The molecule has 1 aromatic heterocycles. The topological polar surface area (TPSA) is 22.1 Å². The van der Waals surface area contributed by atoms with E-state index in [1.807, 2.05) is 0 Å². The first kappa shape index (κ1) is 7.98. The lowest BCUT2D eigenvalue weighted by Gasteiger charge is -2.04. The average Bonchev–Trinajstić information content (AvgIpc) is 2.83. The van der Waals surface area contributed by atoms with Crippen molar-refractivity contribution in [2.45, 2.75) is 18.9 Å². The molecule has 0 N–H and O–H groups in total. The molecule has 2 nitrogen and oxygen atoms in total. The molecule has 0 bridgehead atoms. The Kier molecular flexibility index (Phi) is 2.00. The summed E-state index contributed by atoms with van der Waals surface area (Å²) in [6, 6.07) is 1.54. The van der Waals surface area contributed by atoms with Crippen LogP contribution in [-0.4, -0.2) is 11.1 Å². The van der Waals surface area contributed by atoms with Crippen molar-refractivity contribution in [1.82, 2.24) is 4.98 Å². The van der Waals surface area contributed by atoms with E-state index >= 15 is 0 Å². The molecular formula is C8H7BrFNO. The van der Waals surface area contributed by atoms with Gasteiger partial charge in [0.05, 0.1) is 6.10 Å². The average molecular weight is 232 g/mol. The second-order valence-corrected chi connectivity index (χ2v) is 3.48. The third-order valence-corrected chi connectivity index (χ3v) is 2.18. The molecule has 1 aromatic rings. The van der Waals surface area contributed by atoms with Crippen LogP contribution in [0.5, 0.6) is 5.75 Å². The van der Waals surface area contributed by atoms with Crippen molar-refractivity contribution in [2.75, 3.05) is 0 Å². The maximum Gasteiger partial charge on any atom is 0.197 e. The number of nitrogens with zero attached hydrogens (tertiary/aromatic N) is 1. The largest absolute Gasteiger partial charge is 0.487 e. The van der Waals surface area contributed by atoms with Gasteiger partial charge in [-0.3, -0.25) is 0 Å². The summed E-state index contributed by atoms with van der Waals surface area (Å²) in [5.74, 6) is -0.122. The smallest absolute Gasteiger partial charge is 0.197 e. The second-order valence-electron chi connectivity index (χ2n) is 2.73. The van der Waals surface area contributed by atoms with Gasteiger partial charge >= 0.3 is 0 Å². The summed E-state index contributed by atoms with van der Waals surface area (Å²) in [6.07, 6.45) is 3.79. The first-order valence-corrected chi connectivity index (χ1v) is 4.53. The van der Waals surface area contributed by atoms with Crippen LogP contribution in [0.4, 0.5) is 4.39 Å². The lowest BCUT2D eigenvalue weighted by molar-refractivity contribution is 0.286. The van der Waals surface area contributed by atoms with Gasteiger partial charge in [0.2, 0.25) is 0 Å². The van der Waals surface area contributed by atoms with Crippen molar-refractivity contribution in [1.29, 1.82) is 0 Å². The van der Waals surface area contributed by atoms with Crippen LogP contribution in [0, 0.1) is 5.82 Å². The molecule has 12 heavy (non-hydrogen) atoms. The predicted molar refractivity (Wildman–Crippen MR) is 45.5 cm³/mol. The van der Waals surface area contributed by atoms with Crippen molar-refractivity contribution >= 4 is 15.9 Å². The third-order valence-electron chi connectivity index (χ3n) is 1.63. The minimum atomic E-state index is -0.413. The highest BCUT2D eigenvalue weighted by Crippen LogP contribution is 2.30. The van der Waals surface area contributed by atoms with Crippen molar-refractivity contribution < 1.29 is 9.13 Å². The monoisotopic (exact) mass is 231 g/mol. The van der Waals surface area contributed by atoms with Crippen LogP contribution in [-0.2, 0) is 0 Å². The summed E-state index contributed by atoms with van der Waals surface area (Å²) in [5, 5.41) is 0. The molecular weight excluding hydrogens is 225 g/mol. The van der Waals surface area contributed by atoms with Gasteiger partial charge in [-0.25, -0.2) is 4.98 Å². The zero-order valence-corrected chi connectivity index (χ0v) is 7.84. The number of rotatable bonds is 2. The van der Waals surface area contributed by atoms with Gasteiger partial charge in [-0.15, -0.1) is 0 Å². The summed E-state index contributed by atoms with van der Waals surface area (Å²) in [5.41, 5.74) is 0. The highest BCUT2D eigenvalue weighted by Gasteiger charge is 2.25. The Bertz CT molecular complexity index is 301. The number of pyridine rings is 1. The Morgan fingerprint density at radius 1 is 1.58 bits per heavy atom. The number of hydrogen-bond acceptors (Lipinski definition) is 2. The molecule has 64 valence electrons. The maximum atomic E-state index is 13.2. The van der Waals surface area contributed by atoms with Crippen molar-refractivity contribution in [2.24, 2.45) is 0 Å². The first-order chi connectivity index (χ1) is 5.77. The molecule has 4 heteroatoms. The van der Waals surface area contributed by atoms with Crippen LogP contribution in [0.2, 0.25) is 0 Å². The Morgan fingerprint density at radius 2 is 2.33 bits per heavy atom. The van der Waals surface area contributed by atoms with E-state index in [0.717, 1.165) is 12.8 Å². The van der Waals surface area contributed by atoms with Crippen LogP contribution in [0.1, 0.15) is 12.8 Å². The van der Waals surface area contributed by atoms with E-state index in [0.29, 0.717) is 5.75 Å². The Labute approximate surface area is 77.9 Å². The minimum Gasteiger partial charge on any atom is -0.487 e. The van der Waals surface area contributed by atoms with Gasteiger partial charge in [0, 0.05) is 12.3 Å². The Morgan fingerprint density at radius 3 is 3.00 bits per heavy atom. The third kappa shape index (κ3) is 1.58. The van der Waals surface area contributed by atoms with Crippen LogP contribution in [0.25, 0.3) is 0 Å². The van der Waals surface area contributed by atoms with Crippen LogP contribution in [0.3, 0.4) is 0 Å². The van der Waals surface area contributed by atoms with Gasteiger partial charge in [0.15, 0.2) is 11.6 Å². The fraction of sp³-hybridized carbons (Fsp3) is 0.375. The summed E-state index contributed by atoms with van der Waals surface area (Å²) in [6.45, 7) is 0. The van der Waals surface area contributed by atoms with Crippen LogP contribution in [0.15, 0.2) is 16.9 Å². The van der Waals surface area contributed by atoms with E-state index in [2.05, 4.69) is 20.9 Å². The highest BCUT2D eigenvalue weighted by atomic mass is 79.9. The SMILES string of the molecule is Fc1c(OC2CC2)ccnc1Br. The molecule has 0 saturated heterocycles. The lowest BCUT2D eigenvalue weighted by Crippen LogP contribution is -1.99. The van der Waals surface area contributed by atoms with E-state index in [9.17, 15) is 4.39 Å². The van der Waals surface area contributed by atoms with Gasteiger partial charge in [0.25, 0.3) is 0 Å². The standard InChI is InChI=1S/C8H7BrFNO/c9-8-7(10)6(3-4-11-8)12-5-1-2-5/h3-5H,1-2H2. The van der Waals surface area contributed by atoms with Crippen molar-refractivity contribution in [3.63, 3.8) is 0 Å². The molecule has 2 rings (SSSR count). The van der Waals surface area contributed by atoms with Gasteiger partial charge in [0.1, 0.15) is 4.60 Å². The van der Waals surface area contributed by atoms with Crippen LogP contribution < -0.4 is 4.74 Å². The highest BCUT2D eigenvalue weighted by molar-refractivity contribution is 9.10. The molecule has 0 aliphatic heterocycles. The summed E-state index contributed by atoms with van der Waals surface area (Å²) in [4.78, 5) is 3.73. The number of ether oxygens (including phenoxy) is 1. The van der Waals surface area contributed by atoms with E-state index in [-0.39, 0.29) is 10.7 Å². The Hall–Kier alpha value is -0.640. The molecule has 1 fully saturated rings. The molecule has 0 amide bonds. The molecule has 1 saturated carbocycles. The van der Waals surface area contributed by atoms with Gasteiger partial charge < -0.3 is 4.74 Å². The molecule has 1 heterocycles. The molecule has 0 aromatic carbocycles. The zero-order valence-electron chi connectivity index (χ0n) is 6.26. The van der Waals surface area contributed by atoms with E-state index in [4.69, 9.17) is 4.74 Å². The van der Waals surface area contributed by atoms with Crippen molar-refractivity contribution in [3.05, 3.63) is 22.7 Å². The number of halogens is 2. The maximum absolute atomic E-state index is 13.2. The molecule has 0 radical (unpaired) electrons. The molecule has 0 unspecified atom stereocenters. The number of aromatic nitrogens is 1. The fourth-order valence-corrected chi connectivity index (χ4v) is 1.17. The van der Waals surface area contributed by atoms with Crippen molar-refractivity contribution in [3.8, 4) is 5.75 Å². The van der Waals surface area contributed by atoms with E-state index < -0.39 is 5.82 Å². The van der Waals surface area contributed by atoms with Gasteiger partial charge in [-0.05, 0) is 28.8 Å². The quantitative estimate of drug-likeness (QED) is 0.731. The fourth-order valence-electron chi connectivity index (χ4n) is 0.858. The minimum absolute atomic E-state index is 0.209. The predicted octanol–water partition coefficient (Wildman–Crippen LogP) is 2.52. The normalized spacial score (nSPS) is 16.2. The van der Waals surface area contributed by atoms with E-state index in [1.165, 1.54) is 6.20 Å². The summed E-state index contributed by atoms with van der Waals surface area (Å²) < 4.78 is 18.7. The van der Waals surface area contributed by atoms with Gasteiger partial charge in [-0.2, -0.15) is 4.39 Å². The van der Waals surface area contributed by atoms with Crippen LogP contribution >= 0.6 is 15.9 Å². The zero-order chi connectivity index (χ0) is 8.55. The number of hydrogen-bond donors (Lipinski definition) is 0.